The van der Waals surface area contributed by atoms with Crippen molar-refractivity contribution in [2.24, 2.45) is 0 Å². The van der Waals surface area contributed by atoms with Crippen LogP contribution in [0.25, 0.3) is 0 Å². The highest BCUT2D eigenvalue weighted by Gasteiger charge is 2.26. The highest BCUT2D eigenvalue weighted by Crippen LogP contribution is 2.15. The molecule has 0 heterocycles. The zero-order valence-corrected chi connectivity index (χ0v) is 9.42. The van der Waals surface area contributed by atoms with Crippen molar-refractivity contribution in [1.29, 1.82) is 0 Å². The molecule has 0 bridgehead atoms. The van der Waals surface area contributed by atoms with Gasteiger partial charge in [0.15, 0.2) is 6.04 Å². The molecule has 7 heteroatoms. The fourth-order valence-corrected chi connectivity index (χ4v) is 1.30. The molecule has 1 aromatic carbocycles. The Balaban J connectivity index is 2.91. The predicted molar refractivity (Wildman–Crippen MR) is 58.6 cm³/mol. The predicted octanol–water partition coefficient (Wildman–Crippen LogP) is 0.0951. The van der Waals surface area contributed by atoms with Crippen molar-refractivity contribution in [2.45, 2.75) is 19.1 Å². The number of phenolic OH excluding ortho intramolecular Hbond substituents is 1. The number of carbonyl (C=O) groups excluding carboxylic acids is 1. The molecule has 0 fully saturated rings. The number of benzene rings is 1. The largest absolute Gasteiger partial charge is 0.508 e. The molecule has 0 aliphatic carbocycles. The van der Waals surface area contributed by atoms with Crippen molar-refractivity contribution >= 4 is 11.9 Å². The molecule has 1 rings (SSSR count). The summed E-state index contributed by atoms with van der Waals surface area (Å²) in [4.78, 5) is 22.3. The molecule has 98 valence electrons. The minimum absolute atomic E-state index is 0.352. The molecule has 0 spiro atoms. The summed E-state index contributed by atoms with van der Waals surface area (Å²) < 4.78 is 13.3. The van der Waals surface area contributed by atoms with Crippen LogP contribution in [0.3, 0.4) is 0 Å². The van der Waals surface area contributed by atoms with E-state index in [1.165, 1.54) is 6.92 Å². The maximum Gasteiger partial charge on any atom is 0.328 e. The first-order chi connectivity index (χ1) is 8.32. The average molecular weight is 257 g/mol. The van der Waals surface area contributed by atoms with Crippen LogP contribution in [-0.4, -0.2) is 39.3 Å². The SMILES string of the molecule is CC(O)C(NC(=O)c1ccc(O)cc1F)C(=O)O. The summed E-state index contributed by atoms with van der Waals surface area (Å²) in [6.45, 7) is 1.19. The molecule has 0 radical (unpaired) electrons. The van der Waals surface area contributed by atoms with Crippen LogP contribution >= 0.6 is 0 Å². The Kier molecular flexibility index (Phi) is 4.22. The number of aliphatic hydroxyl groups is 1. The lowest BCUT2D eigenvalue weighted by Crippen LogP contribution is -2.47. The lowest BCUT2D eigenvalue weighted by atomic mass is 10.1. The normalized spacial score (nSPS) is 13.7. The Hall–Kier alpha value is -2.15. The van der Waals surface area contributed by atoms with Crippen LogP contribution in [0, 0.1) is 5.82 Å². The number of aliphatic hydroxyl groups excluding tert-OH is 1. The van der Waals surface area contributed by atoms with E-state index in [-0.39, 0.29) is 5.75 Å². The number of carbonyl (C=O) groups is 2. The second-order valence-corrected chi connectivity index (χ2v) is 3.69. The second-order valence-electron chi connectivity index (χ2n) is 3.69. The molecule has 18 heavy (non-hydrogen) atoms. The molecule has 0 saturated carbocycles. The van der Waals surface area contributed by atoms with E-state index in [1.54, 1.807) is 0 Å². The van der Waals surface area contributed by atoms with Gasteiger partial charge in [-0.15, -0.1) is 0 Å². The van der Waals surface area contributed by atoms with Crippen molar-refractivity contribution in [3.05, 3.63) is 29.6 Å². The number of hydrogen-bond donors (Lipinski definition) is 4. The van der Waals surface area contributed by atoms with Crippen LogP contribution in [0.15, 0.2) is 18.2 Å². The Morgan fingerprint density at radius 2 is 2.00 bits per heavy atom. The quantitative estimate of drug-likeness (QED) is 0.611. The van der Waals surface area contributed by atoms with Gasteiger partial charge in [0.1, 0.15) is 11.6 Å². The number of hydrogen-bond acceptors (Lipinski definition) is 4. The van der Waals surface area contributed by atoms with Gasteiger partial charge < -0.3 is 20.6 Å². The van der Waals surface area contributed by atoms with Gasteiger partial charge in [-0.3, -0.25) is 4.79 Å². The molecule has 2 atom stereocenters. The minimum atomic E-state index is -1.54. The van der Waals surface area contributed by atoms with Gasteiger partial charge in [-0.1, -0.05) is 0 Å². The topological polar surface area (TPSA) is 107 Å². The zero-order chi connectivity index (χ0) is 13.9. The van der Waals surface area contributed by atoms with E-state index in [4.69, 9.17) is 15.3 Å². The second kappa shape index (κ2) is 5.46. The third kappa shape index (κ3) is 3.17. The fraction of sp³-hybridized carbons (Fsp3) is 0.273. The van der Waals surface area contributed by atoms with Gasteiger partial charge >= 0.3 is 5.97 Å². The van der Waals surface area contributed by atoms with Crippen LogP contribution in [0.2, 0.25) is 0 Å². The van der Waals surface area contributed by atoms with E-state index < -0.39 is 35.4 Å². The summed E-state index contributed by atoms with van der Waals surface area (Å²) in [7, 11) is 0. The maximum atomic E-state index is 13.3. The summed E-state index contributed by atoms with van der Waals surface area (Å²) >= 11 is 0. The molecule has 1 amide bonds. The third-order valence-corrected chi connectivity index (χ3v) is 2.23. The fourth-order valence-electron chi connectivity index (χ4n) is 1.30. The number of nitrogens with one attached hydrogen (secondary N) is 1. The van der Waals surface area contributed by atoms with E-state index in [2.05, 4.69) is 0 Å². The third-order valence-electron chi connectivity index (χ3n) is 2.23. The van der Waals surface area contributed by atoms with E-state index in [1.807, 2.05) is 5.32 Å². The summed E-state index contributed by atoms with van der Waals surface area (Å²) in [6, 6.07) is 1.30. The van der Waals surface area contributed by atoms with Crippen molar-refractivity contribution in [1.82, 2.24) is 5.32 Å². The highest BCUT2D eigenvalue weighted by atomic mass is 19.1. The van der Waals surface area contributed by atoms with Crippen LogP contribution in [0.5, 0.6) is 5.75 Å². The van der Waals surface area contributed by atoms with Crippen molar-refractivity contribution in [3.63, 3.8) is 0 Å². The molecular weight excluding hydrogens is 245 g/mol. The number of carboxylic acids is 1. The summed E-state index contributed by atoms with van der Waals surface area (Å²) in [6.07, 6.45) is -1.33. The van der Waals surface area contributed by atoms with E-state index >= 15 is 0 Å². The Bertz CT molecular complexity index is 475. The van der Waals surface area contributed by atoms with Gasteiger partial charge in [0.25, 0.3) is 5.91 Å². The first kappa shape index (κ1) is 13.9. The summed E-state index contributed by atoms with van der Waals surface area (Å²) in [5, 5.41) is 28.9. The van der Waals surface area contributed by atoms with Gasteiger partial charge in [-0.25, -0.2) is 9.18 Å². The minimum Gasteiger partial charge on any atom is -0.508 e. The molecule has 2 unspecified atom stereocenters. The number of amides is 1. The Labute approximate surface area is 102 Å². The summed E-state index contributed by atoms with van der Waals surface area (Å²) in [5.74, 6) is -3.75. The van der Waals surface area contributed by atoms with Crippen LogP contribution in [0.1, 0.15) is 17.3 Å². The van der Waals surface area contributed by atoms with Gasteiger partial charge in [-0.2, -0.15) is 0 Å². The van der Waals surface area contributed by atoms with Crippen LogP contribution in [-0.2, 0) is 4.79 Å². The highest BCUT2D eigenvalue weighted by molar-refractivity contribution is 5.97. The van der Waals surface area contributed by atoms with Gasteiger partial charge in [-0.05, 0) is 19.1 Å². The Morgan fingerprint density at radius 1 is 1.39 bits per heavy atom. The number of phenols is 1. The maximum absolute atomic E-state index is 13.3. The monoisotopic (exact) mass is 257 g/mol. The lowest BCUT2D eigenvalue weighted by Gasteiger charge is -2.17. The van der Waals surface area contributed by atoms with Crippen LogP contribution < -0.4 is 5.32 Å². The van der Waals surface area contributed by atoms with E-state index in [0.29, 0.717) is 0 Å². The number of aromatic hydroxyl groups is 1. The molecule has 4 N–H and O–H groups in total. The molecule has 0 saturated heterocycles. The zero-order valence-electron chi connectivity index (χ0n) is 9.42. The van der Waals surface area contributed by atoms with E-state index in [9.17, 15) is 14.0 Å². The lowest BCUT2D eigenvalue weighted by molar-refractivity contribution is -0.141. The molecule has 0 aromatic heterocycles. The van der Waals surface area contributed by atoms with Crippen LogP contribution in [0.4, 0.5) is 4.39 Å². The molecular formula is C11H12FNO5. The smallest absolute Gasteiger partial charge is 0.328 e. The van der Waals surface area contributed by atoms with Gasteiger partial charge in [0.05, 0.1) is 11.7 Å². The molecule has 1 aromatic rings. The number of carboxylic acid groups (broad SMARTS) is 1. The first-order valence-electron chi connectivity index (χ1n) is 5.03. The van der Waals surface area contributed by atoms with Crippen molar-refractivity contribution in [3.8, 4) is 5.75 Å². The van der Waals surface area contributed by atoms with Crippen molar-refractivity contribution in [2.75, 3.05) is 0 Å². The molecule has 6 nitrogen and oxygen atoms in total. The Morgan fingerprint density at radius 3 is 2.44 bits per heavy atom. The average Bonchev–Trinajstić information content (AvgIpc) is 2.24. The van der Waals surface area contributed by atoms with E-state index in [0.717, 1.165) is 18.2 Å². The summed E-state index contributed by atoms with van der Waals surface area (Å²) in [5.41, 5.74) is -0.417. The van der Waals surface area contributed by atoms with Gasteiger partial charge in [0.2, 0.25) is 0 Å². The number of halogens is 1. The van der Waals surface area contributed by atoms with Crippen molar-refractivity contribution < 1.29 is 29.3 Å². The molecule has 0 aliphatic heterocycles. The van der Waals surface area contributed by atoms with Gasteiger partial charge in [0, 0.05) is 6.07 Å². The number of rotatable bonds is 4. The first-order valence-corrected chi connectivity index (χ1v) is 5.03. The number of aliphatic carboxylic acids is 1. The standard InChI is InChI=1S/C11H12FNO5/c1-5(14)9(11(17)18)13-10(16)7-3-2-6(15)4-8(7)12/h2-5,9,14-15H,1H3,(H,13,16)(H,17,18). The molecule has 0 aliphatic rings.